The fraction of sp³-hybridized carbons (Fsp3) is 0.615. The van der Waals surface area contributed by atoms with Crippen molar-refractivity contribution in [3.8, 4) is 0 Å². The minimum Gasteiger partial charge on any atom is -0.468 e. The van der Waals surface area contributed by atoms with Crippen LogP contribution in [0.4, 0.5) is 0 Å². The molecule has 1 aliphatic rings. The third kappa shape index (κ3) is 2.69. The first-order valence-electron chi connectivity index (χ1n) is 6.16. The van der Waals surface area contributed by atoms with E-state index in [-0.39, 0.29) is 12.0 Å². The van der Waals surface area contributed by atoms with Crippen LogP contribution < -0.4 is 5.32 Å². The number of aryl methyl sites for hydroxylation is 1. The van der Waals surface area contributed by atoms with E-state index in [1.807, 2.05) is 18.3 Å². The Morgan fingerprint density at radius 1 is 1.71 bits per heavy atom. The normalized spacial score (nSPS) is 20.7. The number of nitrogens with one attached hydrogen (secondary N) is 1. The Balaban J connectivity index is 2.07. The smallest absolute Gasteiger partial charge is 0.322 e. The lowest BCUT2D eigenvalue weighted by Gasteiger charge is -2.27. The minimum absolute atomic E-state index is 0.158. The molecule has 0 spiro atoms. The number of hydrogen-bond acceptors (Lipinski definition) is 4. The summed E-state index contributed by atoms with van der Waals surface area (Å²) in [5.74, 6) is -0.158. The van der Waals surface area contributed by atoms with E-state index in [9.17, 15) is 4.79 Å². The molecule has 2 rings (SSSR count). The Labute approximate surface area is 106 Å². The number of methoxy groups -OCH3 is 1. The lowest BCUT2D eigenvalue weighted by Crippen LogP contribution is -2.40. The Kier molecular flexibility index (Phi) is 4.18. The topological polar surface area (TPSA) is 38.3 Å². The van der Waals surface area contributed by atoms with Crippen LogP contribution in [0.15, 0.2) is 11.4 Å². The van der Waals surface area contributed by atoms with E-state index in [4.69, 9.17) is 4.74 Å². The molecule has 2 atom stereocenters. The highest BCUT2D eigenvalue weighted by Crippen LogP contribution is 2.33. The van der Waals surface area contributed by atoms with Gasteiger partial charge in [0, 0.05) is 10.9 Å². The third-order valence-corrected chi connectivity index (χ3v) is 4.34. The van der Waals surface area contributed by atoms with Gasteiger partial charge in [0.05, 0.1) is 7.11 Å². The molecule has 1 aromatic rings. The Morgan fingerprint density at radius 3 is 3.24 bits per heavy atom. The standard InChI is InChI=1S/C13H19NO2S/c1-3-10(13(15)16-2)14-11-5-4-6-12-9(11)7-8-17-12/h7-8,10-11,14H,3-6H2,1-2H3. The van der Waals surface area contributed by atoms with Crippen molar-refractivity contribution in [1.82, 2.24) is 5.32 Å². The highest BCUT2D eigenvalue weighted by molar-refractivity contribution is 7.10. The van der Waals surface area contributed by atoms with Crippen molar-refractivity contribution < 1.29 is 9.53 Å². The van der Waals surface area contributed by atoms with E-state index >= 15 is 0 Å². The first kappa shape index (κ1) is 12.6. The Bertz CT molecular complexity index is 389. The largest absolute Gasteiger partial charge is 0.468 e. The van der Waals surface area contributed by atoms with Crippen molar-refractivity contribution in [1.29, 1.82) is 0 Å². The van der Waals surface area contributed by atoms with Gasteiger partial charge in [-0.05, 0) is 42.7 Å². The van der Waals surface area contributed by atoms with Crippen LogP contribution in [0.3, 0.4) is 0 Å². The van der Waals surface area contributed by atoms with Gasteiger partial charge >= 0.3 is 5.97 Å². The van der Waals surface area contributed by atoms with Crippen molar-refractivity contribution in [2.75, 3.05) is 7.11 Å². The fourth-order valence-electron chi connectivity index (χ4n) is 2.40. The minimum atomic E-state index is -0.184. The zero-order valence-corrected chi connectivity index (χ0v) is 11.2. The van der Waals surface area contributed by atoms with Gasteiger partial charge in [-0.15, -0.1) is 11.3 Å². The lowest BCUT2D eigenvalue weighted by molar-refractivity contribution is -0.143. The summed E-state index contributed by atoms with van der Waals surface area (Å²) in [5.41, 5.74) is 1.38. The molecule has 17 heavy (non-hydrogen) atoms. The molecule has 0 radical (unpaired) electrons. The Morgan fingerprint density at radius 2 is 2.53 bits per heavy atom. The van der Waals surface area contributed by atoms with Gasteiger partial charge in [0.15, 0.2) is 0 Å². The van der Waals surface area contributed by atoms with E-state index in [0.717, 1.165) is 12.8 Å². The molecule has 0 aliphatic heterocycles. The molecule has 1 aliphatic carbocycles. The number of ether oxygens (including phenoxy) is 1. The summed E-state index contributed by atoms with van der Waals surface area (Å²) in [6, 6.07) is 2.31. The molecular formula is C13H19NO2S. The highest BCUT2D eigenvalue weighted by atomic mass is 32.1. The molecule has 1 N–H and O–H groups in total. The zero-order chi connectivity index (χ0) is 12.3. The average molecular weight is 253 g/mol. The second-order valence-corrected chi connectivity index (χ2v) is 5.40. The number of carbonyl (C=O) groups is 1. The summed E-state index contributed by atoms with van der Waals surface area (Å²) in [6.07, 6.45) is 4.25. The summed E-state index contributed by atoms with van der Waals surface area (Å²) >= 11 is 1.82. The predicted molar refractivity (Wildman–Crippen MR) is 69.2 cm³/mol. The second-order valence-electron chi connectivity index (χ2n) is 4.39. The number of thiophene rings is 1. The molecule has 0 amide bonds. The van der Waals surface area contributed by atoms with Gasteiger partial charge in [-0.2, -0.15) is 0 Å². The molecule has 3 nitrogen and oxygen atoms in total. The maximum atomic E-state index is 11.6. The van der Waals surface area contributed by atoms with Crippen molar-refractivity contribution >= 4 is 17.3 Å². The summed E-state index contributed by atoms with van der Waals surface area (Å²) in [5, 5.41) is 5.57. The second kappa shape index (κ2) is 5.65. The van der Waals surface area contributed by atoms with Crippen LogP contribution >= 0.6 is 11.3 Å². The van der Waals surface area contributed by atoms with Gasteiger partial charge in [-0.3, -0.25) is 10.1 Å². The summed E-state index contributed by atoms with van der Waals surface area (Å²) in [4.78, 5) is 13.1. The molecule has 0 aromatic carbocycles. The molecular weight excluding hydrogens is 234 g/mol. The van der Waals surface area contributed by atoms with Crippen LogP contribution in [-0.2, 0) is 16.0 Å². The van der Waals surface area contributed by atoms with Crippen LogP contribution in [-0.4, -0.2) is 19.1 Å². The molecule has 1 aromatic heterocycles. The first-order valence-corrected chi connectivity index (χ1v) is 7.04. The SMILES string of the molecule is CCC(NC1CCCc2sccc21)C(=O)OC. The van der Waals surface area contributed by atoms with Gasteiger partial charge in [-0.25, -0.2) is 0 Å². The van der Waals surface area contributed by atoms with Crippen LogP contribution in [0.5, 0.6) is 0 Å². The molecule has 0 saturated carbocycles. The number of carbonyl (C=O) groups excluding carboxylic acids is 1. The Hall–Kier alpha value is -0.870. The molecule has 0 fully saturated rings. The van der Waals surface area contributed by atoms with Crippen molar-refractivity contribution in [3.05, 3.63) is 21.9 Å². The fourth-order valence-corrected chi connectivity index (χ4v) is 3.38. The van der Waals surface area contributed by atoms with Crippen molar-refractivity contribution in [2.24, 2.45) is 0 Å². The molecule has 0 bridgehead atoms. The molecule has 1 heterocycles. The average Bonchev–Trinajstić information content (AvgIpc) is 2.83. The maximum absolute atomic E-state index is 11.6. The molecule has 0 saturated heterocycles. The third-order valence-electron chi connectivity index (χ3n) is 3.35. The quantitative estimate of drug-likeness (QED) is 0.838. The van der Waals surface area contributed by atoms with Gasteiger partial charge in [0.1, 0.15) is 6.04 Å². The zero-order valence-electron chi connectivity index (χ0n) is 10.4. The molecule has 4 heteroatoms. The number of rotatable bonds is 4. The maximum Gasteiger partial charge on any atom is 0.322 e. The van der Waals surface area contributed by atoms with Gasteiger partial charge in [-0.1, -0.05) is 6.92 Å². The number of esters is 1. The van der Waals surface area contributed by atoms with E-state index < -0.39 is 0 Å². The van der Waals surface area contributed by atoms with Crippen LogP contribution in [0.1, 0.15) is 42.7 Å². The van der Waals surface area contributed by atoms with Gasteiger partial charge in [0.25, 0.3) is 0 Å². The van der Waals surface area contributed by atoms with Gasteiger partial charge < -0.3 is 4.74 Å². The number of hydrogen-bond donors (Lipinski definition) is 1. The van der Waals surface area contributed by atoms with E-state index in [1.54, 1.807) is 0 Å². The van der Waals surface area contributed by atoms with Crippen LogP contribution in [0, 0.1) is 0 Å². The molecule has 2 unspecified atom stereocenters. The summed E-state index contributed by atoms with van der Waals surface area (Å²) in [7, 11) is 1.45. The lowest BCUT2D eigenvalue weighted by atomic mass is 9.93. The van der Waals surface area contributed by atoms with Crippen LogP contribution in [0.2, 0.25) is 0 Å². The van der Waals surface area contributed by atoms with E-state index in [2.05, 4.69) is 16.8 Å². The summed E-state index contributed by atoms with van der Waals surface area (Å²) in [6.45, 7) is 2.01. The first-order chi connectivity index (χ1) is 8.26. The van der Waals surface area contributed by atoms with E-state index in [1.165, 1.54) is 30.4 Å². The predicted octanol–water partition coefficient (Wildman–Crippen LogP) is 2.67. The summed E-state index contributed by atoms with van der Waals surface area (Å²) < 4.78 is 4.82. The van der Waals surface area contributed by atoms with Crippen LogP contribution in [0.25, 0.3) is 0 Å². The van der Waals surface area contributed by atoms with Gasteiger partial charge in [0.2, 0.25) is 0 Å². The monoisotopic (exact) mass is 253 g/mol. The van der Waals surface area contributed by atoms with Crippen molar-refractivity contribution in [2.45, 2.75) is 44.7 Å². The number of fused-ring (bicyclic) bond motifs is 1. The molecule has 94 valence electrons. The highest BCUT2D eigenvalue weighted by Gasteiger charge is 2.26. The van der Waals surface area contributed by atoms with Crippen molar-refractivity contribution in [3.63, 3.8) is 0 Å². The van der Waals surface area contributed by atoms with E-state index in [0.29, 0.717) is 6.04 Å².